The average molecular weight is 322 g/mol. The van der Waals surface area contributed by atoms with Crippen molar-refractivity contribution in [3.63, 3.8) is 0 Å². The summed E-state index contributed by atoms with van der Waals surface area (Å²) in [6, 6.07) is 12.3. The molecule has 0 saturated heterocycles. The molecule has 0 bridgehead atoms. The third kappa shape index (κ3) is 4.25. The first-order valence-electron chi connectivity index (χ1n) is 6.17. The van der Waals surface area contributed by atoms with Crippen molar-refractivity contribution >= 4 is 35.2 Å². The molecule has 0 aliphatic heterocycles. The van der Waals surface area contributed by atoms with E-state index in [0.29, 0.717) is 21.4 Å². The van der Waals surface area contributed by atoms with Crippen LogP contribution in [0.3, 0.4) is 0 Å². The van der Waals surface area contributed by atoms with Gasteiger partial charge in [0.2, 0.25) is 0 Å². The number of carbonyl (C=O) groups is 1. The Hall–Kier alpha value is -1.97. The molecule has 0 atom stereocenters. The van der Waals surface area contributed by atoms with Gasteiger partial charge in [0, 0.05) is 0 Å². The van der Waals surface area contributed by atoms with Gasteiger partial charge in [-0.1, -0.05) is 47.0 Å². The van der Waals surface area contributed by atoms with Crippen molar-refractivity contribution in [3.05, 3.63) is 69.4 Å². The Bertz CT molecular complexity index is 694. The number of primary amides is 1. The van der Waals surface area contributed by atoms with E-state index in [-0.39, 0.29) is 5.76 Å². The first kappa shape index (κ1) is 15.4. The van der Waals surface area contributed by atoms with Crippen LogP contribution in [0.2, 0.25) is 10.0 Å². The third-order valence-corrected chi connectivity index (χ3v) is 3.47. The van der Waals surface area contributed by atoms with Gasteiger partial charge in [-0.15, -0.1) is 0 Å². The van der Waals surface area contributed by atoms with Crippen LogP contribution >= 0.6 is 23.2 Å². The van der Waals surface area contributed by atoms with Crippen molar-refractivity contribution in [1.29, 1.82) is 0 Å². The maximum Gasteiger partial charge on any atom is 0.284 e. The van der Waals surface area contributed by atoms with Crippen molar-refractivity contribution in [2.75, 3.05) is 0 Å². The van der Waals surface area contributed by atoms with Gasteiger partial charge in [0.1, 0.15) is 5.75 Å². The summed E-state index contributed by atoms with van der Waals surface area (Å²) in [4.78, 5) is 11.5. The number of halogens is 2. The molecule has 0 saturated carbocycles. The summed E-state index contributed by atoms with van der Waals surface area (Å²) in [5, 5.41) is 0.832. The average Bonchev–Trinajstić information content (AvgIpc) is 2.44. The zero-order valence-electron chi connectivity index (χ0n) is 11.3. The molecule has 2 N–H and O–H groups in total. The zero-order chi connectivity index (χ0) is 15.4. The summed E-state index contributed by atoms with van der Waals surface area (Å²) >= 11 is 11.8. The minimum absolute atomic E-state index is 0.0252. The Morgan fingerprint density at radius 2 is 1.76 bits per heavy atom. The highest BCUT2D eigenvalue weighted by Gasteiger charge is 2.09. The van der Waals surface area contributed by atoms with Gasteiger partial charge in [0.05, 0.1) is 10.0 Å². The van der Waals surface area contributed by atoms with Crippen LogP contribution in [-0.4, -0.2) is 5.91 Å². The molecule has 0 fully saturated rings. The lowest BCUT2D eigenvalue weighted by atomic mass is 10.2. The van der Waals surface area contributed by atoms with Crippen LogP contribution in [0.15, 0.2) is 48.2 Å². The zero-order valence-corrected chi connectivity index (χ0v) is 12.8. The summed E-state index contributed by atoms with van der Waals surface area (Å²) in [5.74, 6) is -0.107. The highest BCUT2D eigenvalue weighted by molar-refractivity contribution is 6.42. The maximum atomic E-state index is 11.5. The van der Waals surface area contributed by atoms with Gasteiger partial charge in [-0.25, -0.2) is 0 Å². The molecule has 0 aromatic heterocycles. The number of rotatable bonds is 4. The predicted octanol–water partition coefficient (Wildman–Crippen LogP) is 4.21. The number of amides is 1. The van der Waals surface area contributed by atoms with Crippen LogP contribution in [-0.2, 0) is 4.79 Å². The largest absolute Gasteiger partial charge is 0.452 e. The van der Waals surface area contributed by atoms with Crippen molar-refractivity contribution in [2.24, 2.45) is 5.73 Å². The van der Waals surface area contributed by atoms with Crippen molar-refractivity contribution < 1.29 is 9.53 Å². The Balaban J connectivity index is 2.29. The Morgan fingerprint density at radius 1 is 1.10 bits per heavy atom. The molecule has 108 valence electrons. The molecule has 2 aromatic carbocycles. The number of benzene rings is 2. The monoisotopic (exact) mass is 321 g/mol. The summed E-state index contributed by atoms with van der Waals surface area (Å²) in [5.41, 5.74) is 7.10. The van der Waals surface area contributed by atoms with Crippen molar-refractivity contribution in [2.45, 2.75) is 6.92 Å². The highest BCUT2D eigenvalue weighted by Crippen LogP contribution is 2.24. The standard InChI is InChI=1S/C16H13Cl2NO2/c1-10-2-5-12(6-3-10)21-15(16(19)20)9-11-4-7-13(17)14(18)8-11/h2-9H,1H3,(H2,19,20)/b15-9-. The second-order valence-corrected chi connectivity index (χ2v) is 5.28. The molecule has 0 aliphatic carbocycles. The minimum atomic E-state index is -0.665. The van der Waals surface area contributed by atoms with Crippen molar-refractivity contribution in [3.8, 4) is 5.75 Å². The van der Waals surface area contributed by atoms with Crippen LogP contribution in [0, 0.1) is 6.92 Å². The van der Waals surface area contributed by atoms with Crippen LogP contribution < -0.4 is 10.5 Å². The van der Waals surface area contributed by atoms with E-state index in [9.17, 15) is 4.79 Å². The summed E-state index contributed by atoms with van der Waals surface area (Å²) in [7, 11) is 0. The number of hydrogen-bond donors (Lipinski definition) is 1. The van der Waals surface area contributed by atoms with Crippen LogP contribution in [0.4, 0.5) is 0 Å². The fraction of sp³-hybridized carbons (Fsp3) is 0.0625. The number of nitrogens with two attached hydrogens (primary N) is 1. The van der Waals surface area contributed by atoms with E-state index in [4.69, 9.17) is 33.7 Å². The number of carbonyl (C=O) groups excluding carboxylic acids is 1. The molecule has 5 heteroatoms. The molecule has 1 amide bonds. The summed E-state index contributed by atoms with van der Waals surface area (Å²) in [6.45, 7) is 1.96. The van der Waals surface area contributed by atoms with Crippen LogP contribution in [0.5, 0.6) is 5.75 Å². The molecule has 0 unspecified atom stereocenters. The number of hydrogen-bond acceptors (Lipinski definition) is 2. The van der Waals surface area contributed by atoms with Crippen LogP contribution in [0.1, 0.15) is 11.1 Å². The van der Waals surface area contributed by atoms with Crippen LogP contribution in [0.25, 0.3) is 6.08 Å². The molecule has 21 heavy (non-hydrogen) atoms. The predicted molar refractivity (Wildman–Crippen MR) is 85.4 cm³/mol. The van der Waals surface area contributed by atoms with Gasteiger partial charge in [-0.3, -0.25) is 4.79 Å². The smallest absolute Gasteiger partial charge is 0.284 e. The SMILES string of the molecule is Cc1ccc(O/C(=C\c2ccc(Cl)c(Cl)c2)C(N)=O)cc1. The number of aryl methyl sites for hydroxylation is 1. The van der Waals surface area contributed by atoms with E-state index < -0.39 is 5.91 Å². The summed E-state index contributed by atoms with van der Waals surface area (Å²) in [6.07, 6.45) is 1.52. The van der Waals surface area contributed by atoms with Gasteiger partial charge < -0.3 is 10.5 Å². The minimum Gasteiger partial charge on any atom is -0.452 e. The maximum absolute atomic E-state index is 11.5. The fourth-order valence-electron chi connectivity index (χ4n) is 1.64. The van der Waals surface area contributed by atoms with E-state index in [0.717, 1.165) is 5.56 Å². The van der Waals surface area contributed by atoms with E-state index in [1.807, 2.05) is 19.1 Å². The topological polar surface area (TPSA) is 52.3 Å². The van der Waals surface area contributed by atoms with Gasteiger partial charge >= 0.3 is 0 Å². The van der Waals surface area contributed by atoms with Crippen molar-refractivity contribution in [1.82, 2.24) is 0 Å². The van der Waals surface area contributed by atoms with E-state index in [1.54, 1.807) is 30.3 Å². The Morgan fingerprint density at radius 3 is 2.33 bits per heavy atom. The molecule has 0 radical (unpaired) electrons. The Labute approximate surface area is 132 Å². The molecule has 2 rings (SSSR count). The third-order valence-electron chi connectivity index (χ3n) is 2.73. The van der Waals surface area contributed by atoms with E-state index >= 15 is 0 Å². The normalized spacial score (nSPS) is 11.3. The Kier molecular flexibility index (Phi) is 4.89. The molecular weight excluding hydrogens is 309 g/mol. The lowest BCUT2D eigenvalue weighted by molar-refractivity contribution is -0.116. The van der Waals surface area contributed by atoms with Gasteiger partial charge in [0.15, 0.2) is 5.76 Å². The molecular formula is C16H13Cl2NO2. The molecule has 3 nitrogen and oxygen atoms in total. The lowest BCUT2D eigenvalue weighted by Crippen LogP contribution is -2.18. The quantitative estimate of drug-likeness (QED) is 0.677. The number of ether oxygens (including phenoxy) is 1. The second kappa shape index (κ2) is 6.66. The molecule has 0 spiro atoms. The molecule has 0 heterocycles. The summed E-state index contributed by atoms with van der Waals surface area (Å²) < 4.78 is 5.52. The fourth-order valence-corrected chi connectivity index (χ4v) is 1.94. The van der Waals surface area contributed by atoms with E-state index in [2.05, 4.69) is 0 Å². The molecule has 0 aliphatic rings. The lowest BCUT2D eigenvalue weighted by Gasteiger charge is -2.08. The van der Waals surface area contributed by atoms with Gasteiger partial charge in [-0.05, 0) is 42.8 Å². The van der Waals surface area contributed by atoms with Gasteiger partial charge in [0.25, 0.3) is 5.91 Å². The highest BCUT2D eigenvalue weighted by atomic mass is 35.5. The second-order valence-electron chi connectivity index (χ2n) is 4.46. The molecule has 2 aromatic rings. The first-order valence-corrected chi connectivity index (χ1v) is 6.92. The first-order chi connectivity index (χ1) is 9.95. The van der Waals surface area contributed by atoms with E-state index in [1.165, 1.54) is 6.08 Å². The van der Waals surface area contributed by atoms with Gasteiger partial charge in [-0.2, -0.15) is 0 Å².